The third-order valence-electron chi connectivity index (χ3n) is 4.74. The first-order chi connectivity index (χ1) is 15.8. The predicted molar refractivity (Wildman–Crippen MR) is 128 cm³/mol. The van der Waals surface area contributed by atoms with Gasteiger partial charge in [-0.3, -0.25) is 14.9 Å². The van der Waals surface area contributed by atoms with E-state index in [0.717, 1.165) is 10.5 Å². The van der Waals surface area contributed by atoms with Gasteiger partial charge in [-0.2, -0.15) is 0 Å². The number of rotatable bonds is 5. The molecule has 4 rings (SSSR count). The van der Waals surface area contributed by atoms with Crippen LogP contribution in [0.15, 0.2) is 72.3 Å². The maximum Gasteiger partial charge on any atom is 0.335 e. The van der Waals surface area contributed by atoms with E-state index in [4.69, 9.17) is 39.5 Å². The molecule has 3 aromatic carbocycles. The Hall–Kier alpha value is -3.32. The Labute approximate surface area is 204 Å². The van der Waals surface area contributed by atoms with E-state index in [2.05, 4.69) is 5.32 Å². The maximum absolute atomic E-state index is 13.0. The molecule has 1 N–H and O–H groups in total. The second-order valence-electron chi connectivity index (χ2n) is 7.02. The van der Waals surface area contributed by atoms with Gasteiger partial charge in [0.1, 0.15) is 12.2 Å². The van der Waals surface area contributed by atoms with Gasteiger partial charge in [-0.05, 0) is 53.6 Å². The highest BCUT2D eigenvalue weighted by Crippen LogP contribution is 2.36. The topological polar surface area (TPSA) is 75.7 Å². The molecule has 0 aliphatic carbocycles. The second kappa shape index (κ2) is 9.67. The molecule has 3 aromatic rings. The minimum absolute atomic E-state index is 0.208. The largest absolute Gasteiger partial charge is 0.486 e. The van der Waals surface area contributed by atoms with Crippen molar-refractivity contribution in [3.8, 4) is 5.75 Å². The summed E-state index contributed by atoms with van der Waals surface area (Å²) in [5.41, 5.74) is 1.34. The van der Waals surface area contributed by atoms with Gasteiger partial charge in [0.15, 0.2) is 5.75 Å². The highest BCUT2D eigenvalue weighted by atomic mass is 35.5. The zero-order valence-electron chi connectivity index (χ0n) is 16.8. The molecule has 0 radical (unpaired) electrons. The van der Waals surface area contributed by atoms with Crippen LogP contribution in [0.25, 0.3) is 6.08 Å². The van der Waals surface area contributed by atoms with Crippen LogP contribution >= 0.6 is 34.8 Å². The number of carbonyl (C=O) groups excluding carboxylic acids is 3. The molecular weight excluding hydrogens is 487 g/mol. The molecule has 33 heavy (non-hydrogen) atoms. The zero-order valence-corrected chi connectivity index (χ0v) is 19.1. The number of urea groups is 1. The number of ether oxygens (including phenoxy) is 1. The number of halogens is 3. The molecule has 0 aromatic heterocycles. The summed E-state index contributed by atoms with van der Waals surface area (Å²) in [5, 5.41) is 3.01. The van der Waals surface area contributed by atoms with Crippen LogP contribution in [0.3, 0.4) is 0 Å². The number of nitrogens with zero attached hydrogens (tertiary/aromatic N) is 1. The Bertz CT molecular complexity index is 1250. The number of barbiturate groups is 1. The van der Waals surface area contributed by atoms with Crippen molar-refractivity contribution in [1.29, 1.82) is 0 Å². The van der Waals surface area contributed by atoms with Crippen LogP contribution in [0, 0.1) is 0 Å². The van der Waals surface area contributed by atoms with Gasteiger partial charge in [-0.15, -0.1) is 0 Å². The molecule has 0 bridgehead atoms. The fraction of sp³-hybridized carbons (Fsp3) is 0.0417. The molecular formula is C24H15Cl3N2O4. The van der Waals surface area contributed by atoms with Crippen molar-refractivity contribution in [2.24, 2.45) is 0 Å². The second-order valence-corrected chi connectivity index (χ2v) is 8.27. The third-order valence-corrected chi connectivity index (χ3v) is 5.56. The summed E-state index contributed by atoms with van der Waals surface area (Å²) in [6, 6.07) is 17.7. The van der Waals surface area contributed by atoms with Crippen LogP contribution in [0.2, 0.25) is 15.1 Å². The molecule has 6 nitrogen and oxygen atoms in total. The number of carbonyl (C=O) groups is 3. The molecule has 1 heterocycles. The first-order valence-electron chi connectivity index (χ1n) is 9.66. The first kappa shape index (κ1) is 22.9. The summed E-state index contributed by atoms with van der Waals surface area (Å²) in [4.78, 5) is 38.5. The lowest BCUT2D eigenvalue weighted by atomic mass is 10.1. The molecule has 0 saturated carbocycles. The highest BCUT2D eigenvalue weighted by Gasteiger charge is 2.36. The van der Waals surface area contributed by atoms with Crippen LogP contribution in [0.1, 0.15) is 11.1 Å². The van der Waals surface area contributed by atoms with E-state index in [1.165, 1.54) is 42.5 Å². The average molecular weight is 502 g/mol. The number of nitrogens with one attached hydrogen (secondary N) is 1. The van der Waals surface area contributed by atoms with Gasteiger partial charge in [-0.25, -0.2) is 9.69 Å². The Morgan fingerprint density at radius 3 is 2.15 bits per heavy atom. The minimum atomic E-state index is -0.856. The number of anilines is 1. The van der Waals surface area contributed by atoms with Crippen LogP contribution in [0.4, 0.5) is 10.5 Å². The van der Waals surface area contributed by atoms with Crippen molar-refractivity contribution >= 4 is 64.4 Å². The van der Waals surface area contributed by atoms with Gasteiger partial charge in [0, 0.05) is 5.02 Å². The average Bonchev–Trinajstić information content (AvgIpc) is 2.78. The van der Waals surface area contributed by atoms with Crippen LogP contribution in [0.5, 0.6) is 5.75 Å². The fourth-order valence-electron chi connectivity index (χ4n) is 3.18. The smallest absolute Gasteiger partial charge is 0.335 e. The van der Waals surface area contributed by atoms with Crippen LogP contribution in [-0.2, 0) is 16.2 Å². The Kier molecular flexibility index (Phi) is 6.70. The highest BCUT2D eigenvalue weighted by molar-refractivity contribution is 6.40. The molecule has 166 valence electrons. The van der Waals surface area contributed by atoms with Crippen molar-refractivity contribution < 1.29 is 19.1 Å². The molecule has 4 amide bonds. The monoisotopic (exact) mass is 500 g/mol. The van der Waals surface area contributed by atoms with Crippen molar-refractivity contribution in [2.45, 2.75) is 6.61 Å². The van der Waals surface area contributed by atoms with Gasteiger partial charge in [0.2, 0.25) is 0 Å². The van der Waals surface area contributed by atoms with Crippen molar-refractivity contribution in [3.05, 3.63) is 98.5 Å². The van der Waals surface area contributed by atoms with Crippen LogP contribution in [-0.4, -0.2) is 17.8 Å². The number of hydrogen-bond acceptors (Lipinski definition) is 4. The minimum Gasteiger partial charge on any atom is -0.486 e. The summed E-state index contributed by atoms with van der Waals surface area (Å²) >= 11 is 18.6. The van der Waals surface area contributed by atoms with Gasteiger partial charge in [-0.1, -0.05) is 65.1 Å². The number of hydrogen-bond donors (Lipinski definition) is 1. The standard InChI is InChI=1S/C24H15Cl3N2O4/c25-16-6-8-17(9-7-16)29-23(31)18(22(30)28-24(29)32)10-15-11-19(26)21(20(27)12-15)33-13-14-4-2-1-3-5-14/h1-12H,13H2,(H,28,30,32)/b18-10+. The molecule has 1 aliphatic heterocycles. The van der Waals surface area contributed by atoms with Crippen molar-refractivity contribution in [3.63, 3.8) is 0 Å². The van der Waals surface area contributed by atoms with Crippen LogP contribution < -0.4 is 15.0 Å². The normalized spacial score (nSPS) is 15.1. The molecule has 0 spiro atoms. The fourth-order valence-corrected chi connectivity index (χ4v) is 3.92. The van der Waals surface area contributed by atoms with E-state index in [0.29, 0.717) is 10.6 Å². The summed E-state index contributed by atoms with van der Waals surface area (Å²) in [5.74, 6) is -1.34. The van der Waals surface area contributed by atoms with Crippen molar-refractivity contribution in [2.75, 3.05) is 4.90 Å². The SMILES string of the molecule is O=C1NC(=O)N(c2ccc(Cl)cc2)C(=O)/C1=C/c1cc(Cl)c(OCc2ccccc2)c(Cl)c1. The van der Waals surface area contributed by atoms with E-state index in [1.54, 1.807) is 0 Å². The zero-order chi connectivity index (χ0) is 23.5. The lowest BCUT2D eigenvalue weighted by Gasteiger charge is -2.26. The summed E-state index contributed by atoms with van der Waals surface area (Å²) in [6.45, 7) is 0.264. The molecule has 1 saturated heterocycles. The lowest BCUT2D eigenvalue weighted by molar-refractivity contribution is -0.122. The van der Waals surface area contributed by atoms with E-state index in [-0.39, 0.29) is 33.7 Å². The Balaban J connectivity index is 1.61. The summed E-state index contributed by atoms with van der Waals surface area (Å²) in [6.07, 6.45) is 1.31. The third kappa shape index (κ3) is 5.03. The summed E-state index contributed by atoms with van der Waals surface area (Å²) < 4.78 is 5.74. The Morgan fingerprint density at radius 2 is 1.52 bits per heavy atom. The van der Waals surface area contributed by atoms with Gasteiger partial charge in [0.25, 0.3) is 11.8 Å². The van der Waals surface area contributed by atoms with Gasteiger partial charge < -0.3 is 4.74 Å². The predicted octanol–water partition coefficient (Wildman–Crippen LogP) is 5.89. The molecule has 0 atom stereocenters. The maximum atomic E-state index is 13.0. The number of imide groups is 2. The quantitative estimate of drug-likeness (QED) is 0.349. The lowest BCUT2D eigenvalue weighted by Crippen LogP contribution is -2.54. The number of amides is 4. The van der Waals surface area contributed by atoms with E-state index in [9.17, 15) is 14.4 Å². The van der Waals surface area contributed by atoms with Gasteiger partial charge in [0.05, 0.1) is 15.7 Å². The Morgan fingerprint density at radius 1 is 0.879 bits per heavy atom. The van der Waals surface area contributed by atoms with E-state index >= 15 is 0 Å². The van der Waals surface area contributed by atoms with E-state index in [1.807, 2.05) is 30.3 Å². The first-order valence-corrected chi connectivity index (χ1v) is 10.8. The number of benzene rings is 3. The molecule has 9 heteroatoms. The van der Waals surface area contributed by atoms with Gasteiger partial charge >= 0.3 is 6.03 Å². The molecule has 0 unspecified atom stereocenters. The summed E-state index contributed by atoms with van der Waals surface area (Å²) in [7, 11) is 0. The molecule has 1 aliphatic rings. The van der Waals surface area contributed by atoms with Crippen molar-refractivity contribution in [1.82, 2.24) is 5.32 Å². The van der Waals surface area contributed by atoms with E-state index < -0.39 is 17.8 Å². The molecule has 1 fully saturated rings.